The number of nitrogens with one attached hydrogen (secondary N) is 4. The largest absolute Gasteiger partial charge is 0.480 e. The molecule has 0 aliphatic rings. The van der Waals surface area contributed by atoms with Gasteiger partial charge in [0.1, 0.15) is 18.1 Å². The Morgan fingerprint density at radius 2 is 1.62 bits per heavy atom. The minimum absolute atomic E-state index is 0.00848. The van der Waals surface area contributed by atoms with Crippen LogP contribution in [-0.4, -0.2) is 76.7 Å². The third kappa shape index (κ3) is 7.54. The van der Waals surface area contributed by atoms with Crippen LogP contribution in [0.15, 0.2) is 30.5 Å². The third-order valence-electron chi connectivity index (χ3n) is 5.31. The van der Waals surface area contributed by atoms with Crippen LogP contribution in [0.25, 0.3) is 10.9 Å². The Morgan fingerprint density at radius 1 is 0.941 bits per heavy atom. The number of aliphatic hydroxyl groups excluding tert-OH is 1. The molecule has 0 spiro atoms. The van der Waals surface area contributed by atoms with Crippen LogP contribution in [0, 0.1) is 0 Å². The minimum Gasteiger partial charge on any atom is -0.480 e. The number of benzene rings is 1. The summed E-state index contributed by atoms with van der Waals surface area (Å²) in [5, 5.41) is 27.3. The Hall–Kier alpha value is -3.48. The number of unbranched alkanes of at least 4 members (excludes halogenated alkanes) is 1. The Bertz CT molecular complexity index is 993. The highest BCUT2D eigenvalue weighted by Gasteiger charge is 2.29. The molecule has 1 aromatic heterocycles. The number of aliphatic carboxylic acids is 1. The molecule has 2 rings (SSSR count). The summed E-state index contributed by atoms with van der Waals surface area (Å²) in [6, 6.07) is 3.65. The summed E-state index contributed by atoms with van der Waals surface area (Å²) in [5.41, 5.74) is 12.3. The number of carbonyl (C=O) groups excluding carboxylic acids is 3. The molecule has 1 heterocycles. The number of aliphatic hydroxyl groups is 1. The maximum atomic E-state index is 12.7. The average Bonchev–Trinajstić information content (AvgIpc) is 3.23. The van der Waals surface area contributed by atoms with Gasteiger partial charge in [-0.1, -0.05) is 18.2 Å². The molecule has 10 N–H and O–H groups in total. The first-order chi connectivity index (χ1) is 16.3. The third-order valence-corrected chi connectivity index (χ3v) is 5.31. The van der Waals surface area contributed by atoms with Crippen LogP contribution in [0.3, 0.4) is 0 Å². The van der Waals surface area contributed by atoms with Gasteiger partial charge < -0.3 is 42.6 Å². The second-order valence-corrected chi connectivity index (χ2v) is 7.82. The van der Waals surface area contributed by atoms with Gasteiger partial charge in [0.15, 0.2) is 0 Å². The number of aromatic nitrogens is 1. The summed E-state index contributed by atoms with van der Waals surface area (Å²) in [7, 11) is 0. The lowest BCUT2D eigenvalue weighted by Gasteiger charge is -2.23. The van der Waals surface area contributed by atoms with Crippen molar-refractivity contribution in [2.24, 2.45) is 11.5 Å². The smallest absolute Gasteiger partial charge is 0.326 e. The fourth-order valence-electron chi connectivity index (χ4n) is 3.47. The first kappa shape index (κ1) is 26.8. The second kappa shape index (κ2) is 13.3. The number of hydrogen-bond acceptors (Lipinski definition) is 7. The quantitative estimate of drug-likeness (QED) is 0.147. The Labute approximate surface area is 196 Å². The molecule has 12 heteroatoms. The highest BCUT2D eigenvalue weighted by atomic mass is 16.4. The highest BCUT2D eigenvalue weighted by Crippen LogP contribution is 2.19. The maximum Gasteiger partial charge on any atom is 0.326 e. The van der Waals surface area contributed by atoms with Crippen LogP contribution in [0.5, 0.6) is 0 Å². The number of para-hydroxylation sites is 1. The molecule has 0 saturated heterocycles. The SMILES string of the molecule is NCCCCC(NC(=O)CN)C(=O)NC(CO)C(=O)NC(Cc1c[nH]c2ccccc12)C(=O)O. The number of rotatable bonds is 14. The van der Waals surface area contributed by atoms with Crippen molar-refractivity contribution in [2.45, 2.75) is 43.8 Å². The molecule has 0 bridgehead atoms. The Balaban J connectivity index is 2.06. The lowest BCUT2D eigenvalue weighted by Crippen LogP contribution is -2.57. The maximum absolute atomic E-state index is 12.7. The number of hydrogen-bond donors (Lipinski definition) is 8. The van der Waals surface area contributed by atoms with Crippen LogP contribution in [-0.2, 0) is 25.6 Å². The fraction of sp³-hybridized carbons (Fsp3) is 0.455. The first-order valence-electron chi connectivity index (χ1n) is 11.0. The summed E-state index contributed by atoms with van der Waals surface area (Å²) in [4.78, 5) is 51.9. The van der Waals surface area contributed by atoms with E-state index in [4.69, 9.17) is 11.5 Å². The zero-order valence-electron chi connectivity index (χ0n) is 18.8. The van der Waals surface area contributed by atoms with Crippen LogP contribution in [0.1, 0.15) is 24.8 Å². The standard InChI is InChI=1S/C22H32N6O6/c23-8-4-3-7-16(26-19(30)10-24)20(31)28-18(12-29)21(32)27-17(22(33)34)9-13-11-25-15-6-2-1-5-14(13)15/h1-2,5-6,11,16-18,25,29H,3-4,7-10,12,23-24H2,(H,26,30)(H,27,32)(H,28,31)(H,33,34). The van der Waals surface area contributed by atoms with E-state index in [0.717, 1.165) is 10.9 Å². The van der Waals surface area contributed by atoms with E-state index in [1.54, 1.807) is 6.20 Å². The number of nitrogens with two attached hydrogens (primary N) is 2. The molecule has 3 atom stereocenters. The van der Waals surface area contributed by atoms with E-state index < -0.39 is 48.4 Å². The van der Waals surface area contributed by atoms with E-state index in [-0.39, 0.29) is 19.4 Å². The number of aromatic amines is 1. The van der Waals surface area contributed by atoms with Crippen molar-refractivity contribution in [3.8, 4) is 0 Å². The summed E-state index contributed by atoms with van der Waals surface area (Å²) < 4.78 is 0. The van der Waals surface area contributed by atoms with E-state index in [2.05, 4.69) is 20.9 Å². The molecule has 0 fully saturated rings. The Kier molecular flexibility index (Phi) is 10.5. The van der Waals surface area contributed by atoms with Gasteiger partial charge in [0, 0.05) is 23.5 Å². The molecule has 0 aliphatic carbocycles. The molecule has 1 aromatic carbocycles. The highest BCUT2D eigenvalue weighted by molar-refractivity contribution is 5.94. The molecule has 0 saturated carbocycles. The van der Waals surface area contributed by atoms with Crippen LogP contribution >= 0.6 is 0 Å². The van der Waals surface area contributed by atoms with Crippen LogP contribution in [0.2, 0.25) is 0 Å². The van der Waals surface area contributed by atoms with Gasteiger partial charge in [-0.25, -0.2) is 4.79 Å². The van der Waals surface area contributed by atoms with Gasteiger partial charge in [0.25, 0.3) is 0 Å². The van der Waals surface area contributed by atoms with E-state index in [1.165, 1.54) is 0 Å². The molecular formula is C22H32N6O6. The van der Waals surface area contributed by atoms with Gasteiger partial charge in [-0.3, -0.25) is 14.4 Å². The van der Waals surface area contributed by atoms with Crippen LogP contribution < -0.4 is 27.4 Å². The van der Waals surface area contributed by atoms with Crippen molar-refractivity contribution >= 4 is 34.6 Å². The van der Waals surface area contributed by atoms with E-state index in [9.17, 15) is 29.4 Å². The molecule has 12 nitrogen and oxygen atoms in total. The summed E-state index contributed by atoms with van der Waals surface area (Å²) in [6.45, 7) is -0.677. The van der Waals surface area contributed by atoms with Crippen molar-refractivity contribution in [2.75, 3.05) is 19.7 Å². The van der Waals surface area contributed by atoms with Crippen molar-refractivity contribution in [1.82, 2.24) is 20.9 Å². The summed E-state index contributed by atoms with van der Waals surface area (Å²) >= 11 is 0. The predicted octanol–water partition coefficient (Wildman–Crippen LogP) is -1.67. The van der Waals surface area contributed by atoms with Gasteiger partial charge in [0.2, 0.25) is 17.7 Å². The molecular weight excluding hydrogens is 444 g/mol. The fourth-order valence-corrected chi connectivity index (χ4v) is 3.47. The molecule has 0 radical (unpaired) electrons. The predicted molar refractivity (Wildman–Crippen MR) is 124 cm³/mol. The number of fused-ring (bicyclic) bond motifs is 1. The number of carbonyl (C=O) groups is 4. The van der Waals surface area contributed by atoms with Crippen LogP contribution in [0.4, 0.5) is 0 Å². The van der Waals surface area contributed by atoms with Gasteiger partial charge in [0.05, 0.1) is 13.2 Å². The molecule has 3 amide bonds. The topological polar surface area (TPSA) is 213 Å². The molecule has 2 aromatic rings. The number of H-pyrrole nitrogens is 1. The second-order valence-electron chi connectivity index (χ2n) is 7.82. The van der Waals surface area contributed by atoms with E-state index >= 15 is 0 Å². The van der Waals surface area contributed by atoms with Gasteiger partial charge in [-0.2, -0.15) is 0 Å². The van der Waals surface area contributed by atoms with Gasteiger partial charge in [-0.05, 0) is 37.4 Å². The first-order valence-corrected chi connectivity index (χ1v) is 11.0. The van der Waals surface area contributed by atoms with Crippen molar-refractivity contribution in [3.63, 3.8) is 0 Å². The van der Waals surface area contributed by atoms with Crippen molar-refractivity contribution in [1.29, 1.82) is 0 Å². The molecule has 186 valence electrons. The Morgan fingerprint density at radius 3 is 2.26 bits per heavy atom. The van der Waals surface area contributed by atoms with Crippen molar-refractivity contribution in [3.05, 3.63) is 36.0 Å². The normalized spacial score (nSPS) is 13.6. The van der Waals surface area contributed by atoms with Crippen molar-refractivity contribution < 1.29 is 29.4 Å². The lowest BCUT2D eigenvalue weighted by atomic mass is 10.0. The van der Waals surface area contributed by atoms with Gasteiger partial charge >= 0.3 is 5.97 Å². The minimum atomic E-state index is -1.41. The van der Waals surface area contributed by atoms with E-state index in [1.807, 2.05) is 24.3 Å². The molecule has 3 unspecified atom stereocenters. The molecule has 34 heavy (non-hydrogen) atoms. The van der Waals surface area contributed by atoms with Gasteiger partial charge in [-0.15, -0.1) is 0 Å². The zero-order chi connectivity index (χ0) is 25.1. The van der Waals surface area contributed by atoms with E-state index in [0.29, 0.717) is 24.9 Å². The number of amides is 3. The summed E-state index contributed by atoms with van der Waals surface area (Å²) in [5.74, 6) is -3.38. The number of carboxylic acids is 1. The zero-order valence-corrected chi connectivity index (χ0v) is 18.8. The average molecular weight is 477 g/mol. The number of carboxylic acid groups (broad SMARTS) is 1. The monoisotopic (exact) mass is 476 g/mol. The summed E-state index contributed by atoms with van der Waals surface area (Å²) in [6.07, 6.45) is 3.09. The molecule has 0 aliphatic heterocycles. The lowest BCUT2D eigenvalue weighted by molar-refractivity contribution is -0.142.